The quantitative estimate of drug-likeness (QED) is 0.217. The van der Waals surface area contributed by atoms with Gasteiger partial charge in [-0.25, -0.2) is 9.18 Å². The molecule has 28 heavy (non-hydrogen) atoms. The molecule has 1 aromatic carbocycles. The number of carbonyl (C=O) groups is 1. The average molecular weight is 510 g/mol. The number of nitrogens with one attached hydrogen (secondary N) is 3. The van der Waals surface area contributed by atoms with Gasteiger partial charge in [0.15, 0.2) is 5.96 Å². The van der Waals surface area contributed by atoms with Gasteiger partial charge in [-0.2, -0.15) is 0 Å². The van der Waals surface area contributed by atoms with Gasteiger partial charge in [0.05, 0.1) is 6.54 Å². The Labute approximate surface area is 183 Å². The van der Waals surface area contributed by atoms with E-state index in [2.05, 4.69) is 20.9 Å². The SMILES string of the molecule is CN=C(NCCCNC(=O)OC(C)(C)C)NCC(C)Oc1cccc(F)c1.I. The lowest BCUT2D eigenvalue weighted by Gasteiger charge is -2.20. The molecule has 0 fully saturated rings. The van der Waals surface area contributed by atoms with Crippen molar-refractivity contribution in [1.29, 1.82) is 0 Å². The van der Waals surface area contributed by atoms with E-state index in [1.807, 2.05) is 27.7 Å². The molecular formula is C19H32FIN4O3. The molecule has 1 unspecified atom stereocenters. The Morgan fingerprint density at radius 1 is 1.21 bits per heavy atom. The number of guanidine groups is 1. The van der Waals surface area contributed by atoms with Crippen LogP contribution in [0.25, 0.3) is 0 Å². The highest BCUT2D eigenvalue weighted by Gasteiger charge is 2.15. The maximum atomic E-state index is 13.2. The zero-order valence-electron chi connectivity index (χ0n) is 17.2. The lowest BCUT2D eigenvalue weighted by molar-refractivity contribution is 0.0527. The minimum atomic E-state index is -0.501. The molecule has 0 bridgehead atoms. The molecule has 0 aromatic heterocycles. The summed E-state index contributed by atoms with van der Waals surface area (Å²) in [7, 11) is 1.67. The summed E-state index contributed by atoms with van der Waals surface area (Å²) in [5.41, 5.74) is -0.501. The fourth-order valence-electron chi connectivity index (χ4n) is 2.08. The predicted octanol–water partition coefficient (Wildman–Crippen LogP) is 3.29. The van der Waals surface area contributed by atoms with E-state index in [-0.39, 0.29) is 35.9 Å². The van der Waals surface area contributed by atoms with Gasteiger partial charge in [0.1, 0.15) is 23.3 Å². The molecule has 0 saturated heterocycles. The smallest absolute Gasteiger partial charge is 0.407 e. The second-order valence-corrected chi connectivity index (χ2v) is 7.05. The van der Waals surface area contributed by atoms with Crippen LogP contribution in [-0.2, 0) is 4.74 Å². The highest BCUT2D eigenvalue weighted by atomic mass is 127. The van der Waals surface area contributed by atoms with Crippen LogP contribution < -0.4 is 20.7 Å². The summed E-state index contributed by atoms with van der Waals surface area (Å²) in [5.74, 6) is 0.785. The molecule has 0 saturated carbocycles. The first kappa shape index (κ1) is 26.2. The molecular weight excluding hydrogens is 478 g/mol. The molecule has 3 N–H and O–H groups in total. The first-order chi connectivity index (χ1) is 12.7. The molecule has 0 aliphatic carbocycles. The molecule has 1 amide bonds. The molecule has 0 aliphatic heterocycles. The standard InChI is InChI=1S/C19H31FN4O3.HI/c1-14(26-16-9-6-8-15(20)12-16)13-24-17(21-5)22-10-7-11-23-18(25)27-19(2,3)4;/h6,8-9,12,14H,7,10-11,13H2,1-5H3,(H,23,25)(H2,21,22,24);1H. The van der Waals surface area contributed by atoms with Crippen molar-refractivity contribution in [3.8, 4) is 5.75 Å². The Morgan fingerprint density at radius 3 is 2.50 bits per heavy atom. The van der Waals surface area contributed by atoms with E-state index in [4.69, 9.17) is 9.47 Å². The fourth-order valence-corrected chi connectivity index (χ4v) is 2.08. The number of rotatable bonds is 8. The van der Waals surface area contributed by atoms with Crippen molar-refractivity contribution in [3.05, 3.63) is 30.1 Å². The summed E-state index contributed by atoms with van der Waals surface area (Å²) in [6.45, 7) is 8.99. The summed E-state index contributed by atoms with van der Waals surface area (Å²) >= 11 is 0. The molecule has 1 aromatic rings. The van der Waals surface area contributed by atoms with Gasteiger partial charge in [-0.05, 0) is 46.2 Å². The third-order valence-corrected chi connectivity index (χ3v) is 3.23. The van der Waals surface area contributed by atoms with Crippen molar-refractivity contribution >= 4 is 36.0 Å². The summed E-state index contributed by atoms with van der Waals surface area (Å²) in [6, 6.07) is 6.04. The van der Waals surface area contributed by atoms with Gasteiger partial charge in [0, 0.05) is 26.2 Å². The molecule has 0 radical (unpaired) electrons. The van der Waals surface area contributed by atoms with Gasteiger partial charge < -0.3 is 25.4 Å². The molecule has 0 spiro atoms. The summed E-state index contributed by atoms with van der Waals surface area (Å²) in [6.07, 6.45) is 0.127. The molecule has 160 valence electrons. The lowest BCUT2D eigenvalue weighted by Crippen LogP contribution is -2.42. The van der Waals surface area contributed by atoms with E-state index < -0.39 is 11.7 Å². The van der Waals surface area contributed by atoms with Crippen LogP contribution in [0.15, 0.2) is 29.3 Å². The van der Waals surface area contributed by atoms with Crippen LogP contribution in [-0.4, -0.2) is 50.4 Å². The summed E-state index contributed by atoms with van der Waals surface area (Å²) < 4.78 is 24.0. The maximum absolute atomic E-state index is 13.2. The zero-order chi connectivity index (χ0) is 20.3. The van der Waals surface area contributed by atoms with Crippen molar-refractivity contribution in [2.45, 2.75) is 45.8 Å². The predicted molar refractivity (Wildman–Crippen MR) is 120 cm³/mol. The van der Waals surface area contributed by atoms with Gasteiger partial charge in [0.2, 0.25) is 0 Å². The molecule has 7 nitrogen and oxygen atoms in total. The third kappa shape index (κ3) is 12.6. The molecule has 1 atom stereocenters. The second-order valence-electron chi connectivity index (χ2n) is 7.05. The van der Waals surface area contributed by atoms with Crippen molar-refractivity contribution in [3.63, 3.8) is 0 Å². The van der Waals surface area contributed by atoms with E-state index in [1.165, 1.54) is 12.1 Å². The Balaban J connectivity index is 0.00000729. The van der Waals surface area contributed by atoms with Gasteiger partial charge in [-0.3, -0.25) is 4.99 Å². The van der Waals surface area contributed by atoms with E-state index in [0.717, 1.165) is 6.42 Å². The van der Waals surface area contributed by atoms with Gasteiger partial charge in [-0.15, -0.1) is 24.0 Å². The van der Waals surface area contributed by atoms with E-state index in [1.54, 1.807) is 19.2 Å². The number of halogens is 2. The van der Waals surface area contributed by atoms with Crippen LogP contribution >= 0.6 is 24.0 Å². The van der Waals surface area contributed by atoms with Crippen molar-refractivity contribution in [1.82, 2.24) is 16.0 Å². The summed E-state index contributed by atoms with van der Waals surface area (Å²) in [5, 5.41) is 8.99. The number of carbonyl (C=O) groups excluding carboxylic acids is 1. The largest absolute Gasteiger partial charge is 0.489 e. The lowest BCUT2D eigenvalue weighted by atomic mass is 10.2. The number of benzene rings is 1. The Bertz CT molecular complexity index is 623. The molecule has 0 heterocycles. The van der Waals surface area contributed by atoms with Crippen LogP contribution in [0.4, 0.5) is 9.18 Å². The molecule has 9 heteroatoms. The monoisotopic (exact) mass is 510 g/mol. The second kappa shape index (κ2) is 13.4. The zero-order valence-corrected chi connectivity index (χ0v) is 19.5. The van der Waals surface area contributed by atoms with Gasteiger partial charge >= 0.3 is 6.09 Å². The number of aliphatic imine (C=N–C) groups is 1. The van der Waals surface area contributed by atoms with E-state index >= 15 is 0 Å². The number of hydrogen-bond acceptors (Lipinski definition) is 4. The maximum Gasteiger partial charge on any atom is 0.407 e. The van der Waals surface area contributed by atoms with Crippen molar-refractivity contribution < 1.29 is 18.7 Å². The van der Waals surface area contributed by atoms with Gasteiger partial charge in [-0.1, -0.05) is 6.07 Å². The number of alkyl carbamates (subject to hydrolysis) is 1. The molecule has 1 rings (SSSR count). The normalized spacial score (nSPS) is 12.4. The third-order valence-electron chi connectivity index (χ3n) is 3.23. The first-order valence-electron chi connectivity index (χ1n) is 9.03. The first-order valence-corrected chi connectivity index (χ1v) is 9.03. The Hall–Kier alpha value is -1.78. The minimum absolute atomic E-state index is 0. The van der Waals surface area contributed by atoms with Crippen molar-refractivity contribution in [2.75, 3.05) is 26.7 Å². The number of amides is 1. The Kier molecular flexibility index (Phi) is 12.6. The van der Waals surface area contributed by atoms with E-state index in [9.17, 15) is 9.18 Å². The van der Waals surface area contributed by atoms with Crippen molar-refractivity contribution in [2.24, 2.45) is 4.99 Å². The minimum Gasteiger partial charge on any atom is -0.489 e. The Morgan fingerprint density at radius 2 is 1.89 bits per heavy atom. The topological polar surface area (TPSA) is 84.0 Å². The molecule has 0 aliphatic rings. The average Bonchev–Trinajstić information content (AvgIpc) is 2.55. The van der Waals surface area contributed by atoms with Crippen LogP contribution in [0.2, 0.25) is 0 Å². The van der Waals surface area contributed by atoms with Crippen LogP contribution in [0.1, 0.15) is 34.1 Å². The van der Waals surface area contributed by atoms with Crippen LogP contribution in [0.5, 0.6) is 5.75 Å². The van der Waals surface area contributed by atoms with Crippen LogP contribution in [0, 0.1) is 5.82 Å². The highest BCUT2D eigenvalue weighted by Crippen LogP contribution is 2.13. The van der Waals surface area contributed by atoms with E-state index in [0.29, 0.717) is 31.3 Å². The fraction of sp³-hybridized carbons (Fsp3) is 0.579. The number of ether oxygens (including phenoxy) is 2. The van der Waals surface area contributed by atoms with Gasteiger partial charge in [0.25, 0.3) is 0 Å². The number of hydrogen-bond donors (Lipinski definition) is 3. The van der Waals surface area contributed by atoms with Crippen LogP contribution in [0.3, 0.4) is 0 Å². The summed E-state index contributed by atoms with van der Waals surface area (Å²) in [4.78, 5) is 15.7. The number of nitrogens with zero attached hydrogens (tertiary/aromatic N) is 1. The highest BCUT2D eigenvalue weighted by molar-refractivity contribution is 14.0.